The van der Waals surface area contributed by atoms with E-state index in [1.165, 1.54) is 0 Å². The van der Waals surface area contributed by atoms with Gasteiger partial charge in [0.1, 0.15) is 73.2 Å². The normalized spacial score (nSPS) is 26.4. The molecule has 0 aromatic carbocycles. The zero-order valence-electron chi connectivity index (χ0n) is 58.1. The standard InChI is InChI=1S/C33H54N2O48S12.12Na/c36-84(37,38)72-22-12-8-18(26(76-88(48,49)50)30(22)80-92(60,61)62)34(19-9-13-23(73-85(39,40)41)31(81-93(63,64)65)27(19)77-89(51,52)53)16-6-4-2-1-3-5-7-17-35(20-10-14-24(74-86(42,43)44)32(82-94(66,67)68)28(20)78-90(54,55)56)21-11-15-25(75-87(45,46)47)33(83-95(69,70)71)29(21)79-91(57,58)59;;;;;;;;;;;;/h8-15,18-33H,1-7,16-17H2,(H,36,37,38)(H,39,40,41)(H,42,43,44)(H,45,46,47)(H,48,49,50)(H,51,52,53)(H,54,55,56)(H,57,58,59)(H,60,61,62)(H,63,64,65)(H,66,67,68)(H,69,70,71);;;;;;;;;;;;/t18-,19-,20-,21-,22+,23+,24+,25+,26+,27+,28+,29+,30+,31+,32+,33+;;;;;;;;;;;;/m0............/s1. The van der Waals surface area contributed by atoms with Gasteiger partial charge in [0.15, 0.2) is 0 Å². The van der Waals surface area contributed by atoms with E-state index in [2.05, 4.69) is 50.2 Å². The van der Waals surface area contributed by atoms with Gasteiger partial charge < -0.3 is 0 Å². The summed E-state index contributed by atoms with van der Waals surface area (Å²) in [6.07, 6.45) is -31.4. The van der Waals surface area contributed by atoms with Gasteiger partial charge in [-0.05, 0) is 25.9 Å². The summed E-state index contributed by atoms with van der Waals surface area (Å²) in [6, 6.07) is -9.24. The maximum Gasteiger partial charge on any atom is 0.398 e. The van der Waals surface area contributed by atoms with E-state index >= 15 is 0 Å². The monoisotopic (exact) mass is 1910 g/mol. The summed E-state index contributed by atoms with van der Waals surface area (Å²) in [7, 11) is -71.4. The Bertz CT molecular complexity index is 3790. The van der Waals surface area contributed by atoms with Crippen LogP contribution in [-0.4, -0.2) is 631 Å². The van der Waals surface area contributed by atoms with Gasteiger partial charge in [-0.2, -0.15) is 101 Å². The second-order valence-electron chi connectivity index (χ2n) is 19.3. The molecule has 50 nitrogen and oxygen atoms in total. The molecule has 0 aromatic heterocycles. The summed E-state index contributed by atoms with van der Waals surface area (Å²) in [5.41, 5.74) is 0. The SMILES string of the molecule is O=S(=O)(O)O[C@H]1[C@H](OS(=O)(=O)O)[C@@H](N(CCCCCCCCCN([C@H]2C=C[C@@H](OS(=O)(=O)O)[C@@H](OS(=O)(=O)O)[C@@H]2OS(=O)(=O)O)[C@H]2C=C[C@@H](OS(=O)(=O)O)[C@@H](OS(=O)(=O)O)[C@@H]2OS(=O)(=O)O)[C@H]2C=C[C@@H](OS(=O)(=O)O)[C@@H](OS(=O)(=O)O)[C@@H]2OS(=O)(=O)O)C=C[C@H]1OS(=O)(=O)O.[Na].[Na].[Na].[Na].[Na].[Na].[Na].[Na].[Na].[Na].[Na].[Na]. The first kappa shape index (κ1) is 134. The predicted octanol–water partition coefficient (Wildman–Crippen LogP) is -10.2. The molecule has 4 aliphatic rings. The van der Waals surface area contributed by atoms with E-state index in [0.717, 1.165) is 0 Å². The molecule has 0 fully saturated rings. The van der Waals surface area contributed by atoms with E-state index in [0.29, 0.717) is 58.4 Å². The van der Waals surface area contributed by atoms with E-state index in [1.54, 1.807) is 0 Å². The molecule has 0 bridgehead atoms. The topological polar surface area (TPSA) is 770 Å². The smallest absolute Gasteiger partial charge is 0.285 e. The summed E-state index contributed by atoms with van der Waals surface area (Å²) in [5, 5.41) is 0. The van der Waals surface area contributed by atoms with Crippen molar-refractivity contribution >= 4 is 479 Å². The van der Waals surface area contributed by atoms with Crippen LogP contribution < -0.4 is 0 Å². The van der Waals surface area contributed by atoms with Crippen LogP contribution >= 0.6 is 0 Å². The molecule has 0 heterocycles. The first-order chi connectivity index (χ1) is 42.6. The maximum absolute atomic E-state index is 12.4. The third-order valence-corrected chi connectivity index (χ3v) is 18.2. The fourth-order valence-corrected chi connectivity index (χ4v) is 15.7. The molecule has 0 amide bonds. The van der Waals surface area contributed by atoms with E-state index in [9.17, 15) is 156 Å². The van der Waals surface area contributed by atoms with Crippen molar-refractivity contribution in [3.63, 3.8) is 0 Å². The first-order valence-corrected chi connectivity index (χ1v) is 41.1. The molecule has 0 saturated carbocycles. The fourth-order valence-electron chi connectivity index (χ4n) is 9.88. The zero-order chi connectivity index (χ0) is 72.9. The van der Waals surface area contributed by atoms with Crippen molar-refractivity contribution in [2.45, 2.75) is 142 Å². The van der Waals surface area contributed by atoms with Crippen molar-refractivity contribution < 1.29 is 206 Å². The van der Waals surface area contributed by atoms with Crippen LogP contribution in [0.2, 0.25) is 0 Å². The Morgan fingerprint density at radius 1 is 0.187 bits per heavy atom. The van der Waals surface area contributed by atoms with Crippen LogP contribution in [0, 0.1) is 0 Å². The van der Waals surface area contributed by atoms with Gasteiger partial charge in [0, 0.05) is 355 Å². The van der Waals surface area contributed by atoms with Crippen LogP contribution in [0.5, 0.6) is 0 Å². The van der Waals surface area contributed by atoms with E-state index < -0.39 is 248 Å². The molecule has 74 heteroatoms. The minimum atomic E-state index is -6.05. The van der Waals surface area contributed by atoms with E-state index in [4.69, 9.17) is 0 Å². The quantitative estimate of drug-likeness (QED) is 0.0118. The molecule has 4 aliphatic carbocycles. The molecular weight excluding hydrogens is 1850 g/mol. The third-order valence-electron chi connectivity index (χ3n) is 12.6. The fraction of sp³-hybridized carbons (Fsp3) is 0.758. The number of nitrogens with zero attached hydrogens (tertiary/aromatic N) is 2. The van der Waals surface area contributed by atoms with Crippen molar-refractivity contribution in [3.8, 4) is 0 Å². The molecule has 0 aromatic rings. The first-order valence-electron chi connectivity index (χ1n) is 24.7. The van der Waals surface area contributed by atoms with Crippen molar-refractivity contribution in [2.75, 3.05) is 13.1 Å². The Balaban J connectivity index is -0.00000114. The Morgan fingerprint density at radius 2 is 0.308 bits per heavy atom. The van der Waals surface area contributed by atoms with Gasteiger partial charge in [-0.25, -0.2) is 50.2 Å². The number of unbranched alkanes of at least 4 members (excludes halogenated alkanes) is 6. The van der Waals surface area contributed by atoms with Gasteiger partial charge in [0.2, 0.25) is 0 Å². The van der Waals surface area contributed by atoms with Gasteiger partial charge in [-0.1, -0.05) is 80.7 Å². The summed E-state index contributed by atoms with van der Waals surface area (Å²) in [4.78, 5) is 1.26. The molecule has 107 heavy (non-hydrogen) atoms. The van der Waals surface area contributed by atoms with Crippen molar-refractivity contribution in [3.05, 3.63) is 48.6 Å². The van der Waals surface area contributed by atoms with Crippen molar-refractivity contribution in [2.24, 2.45) is 0 Å². The molecule has 0 saturated heterocycles. The van der Waals surface area contributed by atoms with Crippen LogP contribution in [-0.2, 0) is 175 Å². The number of hydrogen-bond donors (Lipinski definition) is 12. The van der Waals surface area contributed by atoms with Gasteiger partial charge in [-0.15, -0.1) is 0 Å². The summed E-state index contributed by atoms with van der Waals surface area (Å²) >= 11 is 0. The zero-order valence-corrected chi connectivity index (χ0v) is 91.9. The van der Waals surface area contributed by atoms with Crippen molar-refractivity contribution in [1.29, 1.82) is 0 Å². The second-order valence-corrected chi connectivity index (χ2v) is 31.9. The van der Waals surface area contributed by atoms with Gasteiger partial charge in [-0.3, -0.25) is 64.4 Å². The molecule has 0 spiro atoms. The molecule has 12 N–H and O–H groups in total. The second kappa shape index (κ2) is 55.8. The Labute approximate surface area is 882 Å². The summed E-state index contributed by atoms with van der Waals surface area (Å²) < 4.78 is 460. The summed E-state index contributed by atoms with van der Waals surface area (Å²) in [5.74, 6) is 0. The van der Waals surface area contributed by atoms with Gasteiger partial charge in [0.05, 0.1) is 24.2 Å². The molecule has 568 valence electrons. The summed E-state index contributed by atoms with van der Waals surface area (Å²) in [6.45, 7) is -1.69. The van der Waals surface area contributed by atoms with E-state index in [1.807, 2.05) is 0 Å². The number of rotatable bonds is 38. The van der Waals surface area contributed by atoms with Crippen LogP contribution in [0.1, 0.15) is 44.9 Å². The molecule has 0 unspecified atom stereocenters. The third kappa shape index (κ3) is 54.2. The average Bonchev–Trinajstić information content (AvgIpc) is 0.764. The number of hydrogen-bond acceptors (Lipinski definition) is 38. The van der Waals surface area contributed by atoms with Crippen LogP contribution in [0.25, 0.3) is 0 Å². The Hall–Kier alpha value is 9.32. The Morgan fingerprint density at radius 3 is 0.439 bits per heavy atom. The average molecular weight is 1910 g/mol. The predicted molar refractivity (Wildman–Crippen MR) is 364 cm³/mol. The van der Waals surface area contributed by atoms with Crippen LogP contribution in [0.3, 0.4) is 0 Å². The van der Waals surface area contributed by atoms with Crippen LogP contribution in [0.15, 0.2) is 48.6 Å². The molecule has 16 atom stereocenters. The molecule has 0 aliphatic heterocycles. The maximum atomic E-state index is 12.4. The van der Waals surface area contributed by atoms with Gasteiger partial charge in [0.25, 0.3) is 0 Å². The minimum Gasteiger partial charge on any atom is -0.285 e. The molecule has 4 rings (SSSR count). The van der Waals surface area contributed by atoms with E-state index in [-0.39, 0.29) is 387 Å². The Kier molecular flexibility index (Phi) is 70.1. The molecule has 12 radical (unpaired) electrons. The van der Waals surface area contributed by atoms with Crippen molar-refractivity contribution in [1.82, 2.24) is 9.80 Å². The largest absolute Gasteiger partial charge is 0.398 e. The van der Waals surface area contributed by atoms with Gasteiger partial charge >= 0.3 is 125 Å². The molecular formula is C33H54N2Na12O48S12. The van der Waals surface area contributed by atoms with Crippen LogP contribution in [0.4, 0.5) is 0 Å². The minimum absolute atomic E-state index is 0.